The average Bonchev–Trinajstić information content (AvgIpc) is 2.82. The van der Waals surface area contributed by atoms with Crippen LogP contribution < -0.4 is 15.6 Å². The monoisotopic (exact) mass is 413 g/mol. The molecule has 4 rings (SSSR count). The van der Waals surface area contributed by atoms with Crippen LogP contribution in [-0.4, -0.2) is 32.2 Å². The maximum Gasteiger partial charge on any atom is 0.246 e. The molecule has 1 unspecified atom stereocenters. The summed E-state index contributed by atoms with van der Waals surface area (Å²) in [5.74, 6) is 0.0600. The second kappa shape index (κ2) is 9.24. The largest absolute Gasteiger partial charge is 0.274 e. The van der Waals surface area contributed by atoms with Gasteiger partial charge in [-0.1, -0.05) is 103 Å². The molecule has 0 spiro atoms. The van der Waals surface area contributed by atoms with Gasteiger partial charge in [0.15, 0.2) is 8.07 Å². The number of hydroxylamine groups is 2. The van der Waals surface area contributed by atoms with Gasteiger partial charge in [-0.15, -0.1) is 0 Å². The molecule has 1 atom stereocenters. The second-order valence-corrected chi connectivity index (χ2v) is 11.3. The van der Waals surface area contributed by atoms with E-state index >= 15 is 0 Å². The Morgan fingerprint density at radius 3 is 1.73 bits per heavy atom. The van der Waals surface area contributed by atoms with Crippen molar-refractivity contribution < 1.29 is 9.63 Å². The first-order valence-electron chi connectivity index (χ1n) is 10.5. The van der Waals surface area contributed by atoms with Crippen LogP contribution in [0.2, 0.25) is 0 Å². The molecule has 0 aromatic heterocycles. The molecule has 3 nitrogen and oxygen atoms in total. The number of rotatable bonds is 6. The van der Waals surface area contributed by atoms with Crippen LogP contribution in [-0.2, 0) is 9.63 Å². The Balaban J connectivity index is 1.90. The number of amides is 1. The average molecular weight is 414 g/mol. The minimum Gasteiger partial charge on any atom is -0.274 e. The Labute approximate surface area is 179 Å². The van der Waals surface area contributed by atoms with Crippen LogP contribution >= 0.6 is 0 Å². The topological polar surface area (TPSA) is 29.5 Å². The molecule has 3 aromatic rings. The summed E-state index contributed by atoms with van der Waals surface area (Å²) >= 11 is 0. The summed E-state index contributed by atoms with van der Waals surface area (Å²) in [4.78, 5) is 17.8. The van der Waals surface area contributed by atoms with E-state index in [2.05, 4.69) is 103 Å². The standard InChI is InChI=1S/C26H27NO2Si/c1-29-27-22(12-11-19-26(27)28)20-21-30(23-13-5-2-6-14-23,24-15-7-3-8-16-24)25-17-9-4-10-18-25/h2-10,13-18,20-22H,11-12,19H2,1H3/b21-20+. The van der Waals surface area contributed by atoms with E-state index in [1.165, 1.54) is 15.6 Å². The first kappa shape index (κ1) is 20.3. The molecule has 0 radical (unpaired) electrons. The van der Waals surface area contributed by atoms with Gasteiger partial charge < -0.3 is 0 Å². The zero-order valence-corrected chi connectivity index (χ0v) is 18.3. The van der Waals surface area contributed by atoms with Crippen LogP contribution in [0, 0.1) is 0 Å². The Kier molecular flexibility index (Phi) is 6.26. The van der Waals surface area contributed by atoms with E-state index in [0.717, 1.165) is 12.8 Å². The Morgan fingerprint density at radius 2 is 1.30 bits per heavy atom. The van der Waals surface area contributed by atoms with Gasteiger partial charge in [-0.2, -0.15) is 0 Å². The van der Waals surface area contributed by atoms with Gasteiger partial charge in [-0.25, -0.2) is 5.06 Å². The highest BCUT2D eigenvalue weighted by Gasteiger charge is 2.37. The highest BCUT2D eigenvalue weighted by Crippen LogP contribution is 2.20. The van der Waals surface area contributed by atoms with Gasteiger partial charge >= 0.3 is 0 Å². The molecule has 1 fully saturated rings. The molecule has 3 aromatic carbocycles. The zero-order valence-electron chi connectivity index (χ0n) is 17.3. The van der Waals surface area contributed by atoms with Gasteiger partial charge in [0, 0.05) is 6.42 Å². The SMILES string of the molecule is CON1C(=O)CCCC1/C=C/[Si](c1ccccc1)(c1ccccc1)c1ccccc1. The molecule has 1 aliphatic rings. The lowest BCUT2D eigenvalue weighted by atomic mass is 10.0. The molecule has 4 heteroatoms. The summed E-state index contributed by atoms with van der Waals surface area (Å²) in [6.45, 7) is 0. The fourth-order valence-electron chi connectivity index (χ4n) is 4.43. The molecule has 0 aliphatic carbocycles. The lowest BCUT2D eigenvalue weighted by Gasteiger charge is -2.34. The van der Waals surface area contributed by atoms with Crippen molar-refractivity contribution in [2.45, 2.75) is 25.3 Å². The highest BCUT2D eigenvalue weighted by atomic mass is 28.3. The van der Waals surface area contributed by atoms with Gasteiger partial charge in [-0.3, -0.25) is 9.63 Å². The van der Waals surface area contributed by atoms with Crippen LogP contribution in [0.4, 0.5) is 0 Å². The smallest absolute Gasteiger partial charge is 0.246 e. The number of hydrogen-bond acceptors (Lipinski definition) is 2. The van der Waals surface area contributed by atoms with Crippen molar-refractivity contribution in [3.8, 4) is 0 Å². The number of piperidine rings is 1. The molecule has 0 N–H and O–H groups in total. The van der Waals surface area contributed by atoms with Crippen molar-refractivity contribution >= 4 is 29.5 Å². The summed E-state index contributed by atoms with van der Waals surface area (Å²) in [5, 5.41) is 5.51. The fourth-order valence-corrected chi connectivity index (χ4v) is 8.68. The van der Waals surface area contributed by atoms with Gasteiger partial charge in [0.05, 0.1) is 13.2 Å². The molecule has 152 valence electrons. The first-order chi connectivity index (χ1) is 14.8. The van der Waals surface area contributed by atoms with Crippen LogP contribution in [0.5, 0.6) is 0 Å². The van der Waals surface area contributed by atoms with Crippen molar-refractivity contribution in [1.29, 1.82) is 0 Å². The van der Waals surface area contributed by atoms with Gasteiger partial charge in [0.25, 0.3) is 0 Å². The van der Waals surface area contributed by atoms with Gasteiger partial charge in [-0.05, 0) is 28.4 Å². The zero-order chi connectivity index (χ0) is 20.8. The predicted octanol–water partition coefficient (Wildman–Crippen LogP) is 3.19. The van der Waals surface area contributed by atoms with Crippen LogP contribution in [0.15, 0.2) is 103 Å². The van der Waals surface area contributed by atoms with Crippen LogP contribution in [0.3, 0.4) is 0 Å². The van der Waals surface area contributed by atoms with Gasteiger partial charge in [0.1, 0.15) is 0 Å². The summed E-state index contributed by atoms with van der Waals surface area (Å²) in [6.07, 6.45) is 4.57. The third kappa shape index (κ3) is 3.89. The van der Waals surface area contributed by atoms with Crippen molar-refractivity contribution in [3.05, 3.63) is 103 Å². The number of benzene rings is 3. The molecule has 1 heterocycles. The number of carbonyl (C=O) groups excluding carboxylic acids is 1. The molecular weight excluding hydrogens is 386 g/mol. The molecule has 0 bridgehead atoms. The second-order valence-electron chi connectivity index (χ2n) is 7.63. The summed E-state index contributed by atoms with van der Waals surface area (Å²) in [7, 11) is -0.863. The van der Waals surface area contributed by atoms with E-state index in [4.69, 9.17) is 4.84 Å². The minimum absolute atomic E-state index is 0.0424. The maximum absolute atomic E-state index is 12.3. The summed E-state index contributed by atoms with van der Waals surface area (Å²) < 4.78 is 0. The van der Waals surface area contributed by atoms with E-state index in [-0.39, 0.29) is 11.9 Å². The molecule has 30 heavy (non-hydrogen) atoms. The molecular formula is C26H27NO2Si. The Hall–Kier alpha value is -2.95. The molecule has 1 aliphatic heterocycles. The lowest BCUT2D eigenvalue weighted by Crippen LogP contribution is -2.66. The lowest BCUT2D eigenvalue weighted by molar-refractivity contribution is -0.189. The van der Waals surface area contributed by atoms with Crippen LogP contribution in [0.25, 0.3) is 0 Å². The molecule has 1 saturated heterocycles. The van der Waals surface area contributed by atoms with E-state index in [1.807, 2.05) is 0 Å². The van der Waals surface area contributed by atoms with E-state index in [1.54, 1.807) is 12.2 Å². The van der Waals surface area contributed by atoms with Crippen molar-refractivity contribution in [1.82, 2.24) is 5.06 Å². The highest BCUT2D eigenvalue weighted by molar-refractivity contribution is 7.14. The summed E-state index contributed by atoms with van der Waals surface area (Å²) in [5.41, 5.74) is 2.39. The normalized spacial score (nSPS) is 17.4. The predicted molar refractivity (Wildman–Crippen MR) is 125 cm³/mol. The van der Waals surface area contributed by atoms with Crippen molar-refractivity contribution in [2.75, 3.05) is 7.11 Å². The maximum atomic E-state index is 12.3. The first-order valence-corrected chi connectivity index (χ1v) is 12.6. The van der Waals surface area contributed by atoms with E-state index < -0.39 is 8.07 Å². The van der Waals surface area contributed by atoms with Crippen molar-refractivity contribution in [3.63, 3.8) is 0 Å². The third-order valence-electron chi connectivity index (χ3n) is 5.89. The molecule has 0 saturated carbocycles. The van der Waals surface area contributed by atoms with Crippen molar-refractivity contribution in [2.24, 2.45) is 0 Å². The van der Waals surface area contributed by atoms with E-state index in [9.17, 15) is 4.79 Å². The quantitative estimate of drug-likeness (QED) is 0.459. The third-order valence-corrected chi connectivity index (χ3v) is 10.3. The van der Waals surface area contributed by atoms with Crippen LogP contribution in [0.1, 0.15) is 19.3 Å². The fraction of sp³-hybridized carbons (Fsp3) is 0.192. The Bertz CT molecular complexity index is 893. The number of hydrogen-bond donors (Lipinski definition) is 0. The summed E-state index contributed by atoms with van der Waals surface area (Å²) in [6, 6.07) is 32.2. The van der Waals surface area contributed by atoms with Gasteiger partial charge in [0.2, 0.25) is 5.91 Å². The van der Waals surface area contributed by atoms with E-state index in [0.29, 0.717) is 6.42 Å². The molecule has 1 amide bonds. The number of carbonyl (C=O) groups is 1. The number of nitrogens with zero attached hydrogens (tertiary/aromatic N) is 1. The minimum atomic E-state index is -2.45. The Morgan fingerprint density at radius 1 is 0.833 bits per heavy atom.